The molecule has 1 atom stereocenters. The van der Waals surface area contributed by atoms with Crippen molar-refractivity contribution < 1.29 is 19.2 Å². The molecule has 0 saturated carbocycles. The molecule has 3 rings (SSSR count). The van der Waals surface area contributed by atoms with E-state index in [-0.39, 0.29) is 17.1 Å². The van der Waals surface area contributed by atoms with Crippen molar-refractivity contribution in [3.8, 4) is 0 Å². The van der Waals surface area contributed by atoms with Crippen LogP contribution in [0.2, 0.25) is 5.02 Å². The van der Waals surface area contributed by atoms with Gasteiger partial charge in [0.05, 0.1) is 17.1 Å². The van der Waals surface area contributed by atoms with E-state index in [1.807, 2.05) is 6.92 Å². The van der Waals surface area contributed by atoms with Gasteiger partial charge in [0.2, 0.25) is 11.8 Å². The predicted octanol–water partition coefficient (Wildman–Crippen LogP) is 2.47. The summed E-state index contributed by atoms with van der Waals surface area (Å²) in [5.74, 6) is -2.24. The van der Waals surface area contributed by atoms with Crippen molar-refractivity contribution in [2.24, 2.45) is 0 Å². The lowest BCUT2D eigenvalue weighted by molar-refractivity contribution is -0.139. The topological polar surface area (TPSA) is 86.8 Å². The Morgan fingerprint density at radius 1 is 1.11 bits per heavy atom. The first kappa shape index (κ1) is 19.6. The molecule has 0 aliphatic carbocycles. The van der Waals surface area contributed by atoms with Gasteiger partial charge in [0, 0.05) is 12.5 Å². The van der Waals surface area contributed by atoms with Crippen molar-refractivity contribution in [2.75, 3.05) is 4.90 Å². The first-order valence-corrected chi connectivity index (χ1v) is 8.96. The zero-order valence-corrected chi connectivity index (χ0v) is 16.1. The van der Waals surface area contributed by atoms with Crippen LogP contribution >= 0.6 is 11.6 Å². The number of imide groups is 1. The van der Waals surface area contributed by atoms with Gasteiger partial charge in [-0.15, -0.1) is 0 Å². The van der Waals surface area contributed by atoms with Crippen molar-refractivity contribution in [3.05, 3.63) is 64.7 Å². The van der Waals surface area contributed by atoms with Crippen LogP contribution in [-0.2, 0) is 14.4 Å². The molecule has 0 unspecified atom stereocenters. The zero-order chi connectivity index (χ0) is 20.4. The van der Waals surface area contributed by atoms with Crippen molar-refractivity contribution in [3.63, 3.8) is 0 Å². The molecule has 1 aliphatic heterocycles. The Kier molecular flexibility index (Phi) is 5.46. The molecule has 4 amide bonds. The maximum absolute atomic E-state index is 12.9. The van der Waals surface area contributed by atoms with Crippen LogP contribution in [0.4, 0.5) is 5.69 Å². The molecule has 2 aromatic carbocycles. The van der Waals surface area contributed by atoms with E-state index in [0.717, 1.165) is 15.5 Å². The molecule has 1 aliphatic rings. The number of nitrogens with zero attached hydrogens (tertiary/aromatic N) is 2. The molecule has 28 heavy (non-hydrogen) atoms. The number of amides is 4. The second kappa shape index (κ2) is 7.82. The number of anilines is 1. The SMILES string of the molecule is CC(=O)N(NC(=O)c1ccc(C)cc1)[C@H]1CC(=O)N(c2ccccc2Cl)C1=O. The molecule has 1 heterocycles. The molecule has 1 fully saturated rings. The van der Waals surface area contributed by atoms with E-state index in [0.29, 0.717) is 5.56 Å². The average molecular weight is 400 g/mol. The van der Waals surface area contributed by atoms with E-state index in [1.165, 1.54) is 6.92 Å². The number of halogens is 1. The summed E-state index contributed by atoms with van der Waals surface area (Å²) in [6.07, 6.45) is -0.252. The van der Waals surface area contributed by atoms with E-state index in [4.69, 9.17) is 11.6 Å². The number of para-hydroxylation sites is 1. The summed E-state index contributed by atoms with van der Waals surface area (Å²) in [7, 11) is 0. The summed E-state index contributed by atoms with van der Waals surface area (Å²) in [4.78, 5) is 50.9. The van der Waals surface area contributed by atoms with Gasteiger partial charge in [-0.1, -0.05) is 41.4 Å². The molecular formula is C20H18ClN3O4. The van der Waals surface area contributed by atoms with Gasteiger partial charge in [-0.2, -0.15) is 0 Å². The fourth-order valence-corrected chi connectivity index (χ4v) is 3.18. The third kappa shape index (κ3) is 3.75. The molecule has 1 N–H and O–H groups in total. The lowest BCUT2D eigenvalue weighted by Crippen LogP contribution is -2.54. The quantitative estimate of drug-likeness (QED) is 0.634. The monoisotopic (exact) mass is 399 g/mol. The van der Waals surface area contributed by atoms with Crippen molar-refractivity contribution >= 4 is 40.9 Å². The largest absolute Gasteiger partial charge is 0.274 e. The molecule has 0 bridgehead atoms. The summed E-state index contributed by atoms with van der Waals surface area (Å²) in [5, 5.41) is 1.14. The van der Waals surface area contributed by atoms with Crippen LogP contribution in [0.1, 0.15) is 29.3 Å². The van der Waals surface area contributed by atoms with Gasteiger partial charge in [-0.05, 0) is 31.2 Å². The molecule has 0 aromatic heterocycles. The Balaban J connectivity index is 1.85. The summed E-state index contributed by atoms with van der Waals surface area (Å²) in [5.41, 5.74) is 4.00. The number of nitrogens with one attached hydrogen (secondary N) is 1. The number of hydrogen-bond acceptors (Lipinski definition) is 4. The maximum atomic E-state index is 12.9. The van der Waals surface area contributed by atoms with Crippen molar-refractivity contribution in [1.82, 2.24) is 10.4 Å². The Morgan fingerprint density at radius 3 is 2.36 bits per heavy atom. The van der Waals surface area contributed by atoms with E-state index < -0.39 is 29.7 Å². The van der Waals surface area contributed by atoms with E-state index in [9.17, 15) is 19.2 Å². The van der Waals surface area contributed by atoms with Crippen LogP contribution < -0.4 is 10.3 Å². The molecule has 7 nitrogen and oxygen atoms in total. The van der Waals surface area contributed by atoms with Gasteiger partial charge in [0.1, 0.15) is 6.04 Å². The third-order valence-corrected chi connectivity index (χ3v) is 4.72. The van der Waals surface area contributed by atoms with Gasteiger partial charge in [0.15, 0.2) is 0 Å². The van der Waals surface area contributed by atoms with Crippen molar-refractivity contribution in [1.29, 1.82) is 0 Å². The van der Waals surface area contributed by atoms with Crippen LogP contribution in [0.5, 0.6) is 0 Å². The second-order valence-electron chi connectivity index (χ2n) is 6.43. The van der Waals surface area contributed by atoms with Gasteiger partial charge >= 0.3 is 0 Å². The van der Waals surface area contributed by atoms with Crippen LogP contribution in [0, 0.1) is 6.92 Å². The van der Waals surface area contributed by atoms with E-state index in [2.05, 4.69) is 5.43 Å². The summed E-state index contributed by atoms with van der Waals surface area (Å²) < 4.78 is 0. The Hall–Kier alpha value is -3.19. The highest BCUT2D eigenvalue weighted by atomic mass is 35.5. The Morgan fingerprint density at radius 2 is 1.75 bits per heavy atom. The number of benzene rings is 2. The maximum Gasteiger partial charge on any atom is 0.269 e. The van der Waals surface area contributed by atoms with Crippen LogP contribution in [0.15, 0.2) is 48.5 Å². The normalized spacial score (nSPS) is 16.2. The number of carbonyl (C=O) groups is 4. The lowest BCUT2D eigenvalue weighted by atomic mass is 10.1. The summed E-state index contributed by atoms with van der Waals surface area (Å²) in [6.45, 7) is 3.10. The molecule has 1 saturated heterocycles. The van der Waals surface area contributed by atoms with Gasteiger partial charge in [-0.25, -0.2) is 9.91 Å². The Bertz CT molecular complexity index is 958. The number of aryl methyl sites for hydroxylation is 1. The molecule has 144 valence electrons. The summed E-state index contributed by atoms with van der Waals surface area (Å²) in [6, 6.07) is 12.0. The molecule has 0 spiro atoms. The van der Waals surface area contributed by atoms with Crippen LogP contribution in [-0.4, -0.2) is 34.7 Å². The van der Waals surface area contributed by atoms with Crippen LogP contribution in [0.25, 0.3) is 0 Å². The first-order valence-electron chi connectivity index (χ1n) is 8.58. The van der Waals surface area contributed by atoms with Crippen molar-refractivity contribution in [2.45, 2.75) is 26.3 Å². The highest BCUT2D eigenvalue weighted by molar-refractivity contribution is 6.36. The highest BCUT2D eigenvalue weighted by Gasteiger charge is 2.45. The van der Waals surface area contributed by atoms with Gasteiger partial charge < -0.3 is 0 Å². The molecule has 2 aromatic rings. The first-order chi connectivity index (χ1) is 13.3. The fourth-order valence-electron chi connectivity index (χ4n) is 2.96. The highest BCUT2D eigenvalue weighted by Crippen LogP contribution is 2.31. The van der Waals surface area contributed by atoms with Crippen LogP contribution in [0.3, 0.4) is 0 Å². The third-order valence-electron chi connectivity index (χ3n) is 4.40. The number of carbonyl (C=O) groups excluding carboxylic acids is 4. The smallest absolute Gasteiger partial charge is 0.269 e. The number of rotatable bonds is 3. The van der Waals surface area contributed by atoms with Gasteiger partial charge in [-0.3, -0.25) is 24.6 Å². The second-order valence-corrected chi connectivity index (χ2v) is 6.84. The standard InChI is InChI=1S/C20H18ClN3O4/c1-12-7-9-14(10-8-12)19(27)22-24(13(2)25)17-11-18(26)23(20(17)28)16-6-4-3-5-15(16)21/h3-10,17H,11H2,1-2H3,(H,22,27)/t17-/m0/s1. The number of hydrogen-bond donors (Lipinski definition) is 1. The Labute approximate surface area is 166 Å². The number of hydrazine groups is 1. The zero-order valence-electron chi connectivity index (χ0n) is 15.3. The predicted molar refractivity (Wildman–Crippen MR) is 104 cm³/mol. The molecule has 0 radical (unpaired) electrons. The minimum Gasteiger partial charge on any atom is -0.274 e. The summed E-state index contributed by atoms with van der Waals surface area (Å²) >= 11 is 6.11. The molecular weight excluding hydrogens is 382 g/mol. The van der Waals surface area contributed by atoms with Gasteiger partial charge in [0.25, 0.3) is 11.8 Å². The van der Waals surface area contributed by atoms with E-state index in [1.54, 1.807) is 48.5 Å². The molecule has 8 heteroatoms. The van der Waals surface area contributed by atoms with E-state index >= 15 is 0 Å². The minimum absolute atomic E-state index is 0.239. The average Bonchev–Trinajstić information content (AvgIpc) is 2.94. The lowest BCUT2D eigenvalue weighted by Gasteiger charge is -2.26. The minimum atomic E-state index is -1.14. The fraction of sp³-hybridized carbons (Fsp3) is 0.200.